The lowest BCUT2D eigenvalue weighted by atomic mass is 9.78. The Labute approximate surface area is 125 Å². The Balaban J connectivity index is 1.86. The number of halogens is 1. The average Bonchev–Trinajstić information content (AvgIpc) is 2.77. The maximum Gasteiger partial charge on any atom is 0.106 e. The highest BCUT2D eigenvalue weighted by atomic mass is 79.9. The molecule has 2 nitrogen and oxygen atoms in total. The van der Waals surface area contributed by atoms with Gasteiger partial charge in [0.05, 0.1) is 5.69 Å². The summed E-state index contributed by atoms with van der Waals surface area (Å²) in [5, 5.41) is 3.63. The second-order valence-corrected chi connectivity index (χ2v) is 7.17. The highest BCUT2D eigenvalue weighted by Crippen LogP contribution is 2.42. The van der Waals surface area contributed by atoms with Crippen LogP contribution in [-0.4, -0.2) is 11.5 Å². The van der Waals surface area contributed by atoms with E-state index in [0.717, 1.165) is 29.3 Å². The van der Waals surface area contributed by atoms with Gasteiger partial charge in [0.15, 0.2) is 0 Å². The third-order valence-electron chi connectivity index (χ3n) is 4.08. The Kier molecular flexibility index (Phi) is 5.40. The first-order chi connectivity index (χ1) is 9.10. The summed E-state index contributed by atoms with van der Waals surface area (Å²) in [5.74, 6) is 0.795. The third-order valence-corrected chi connectivity index (χ3v) is 4.53. The molecule has 0 radical (unpaired) electrons. The van der Waals surface area contributed by atoms with Crippen LogP contribution in [0.3, 0.4) is 0 Å². The molecule has 1 aromatic heterocycles. The van der Waals surface area contributed by atoms with Crippen LogP contribution in [-0.2, 0) is 6.54 Å². The second-order valence-electron chi connectivity index (χ2n) is 6.36. The van der Waals surface area contributed by atoms with E-state index in [1.807, 2.05) is 12.1 Å². The summed E-state index contributed by atoms with van der Waals surface area (Å²) in [6.45, 7) is 6.70. The zero-order valence-corrected chi connectivity index (χ0v) is 13.7. The number of nitrogens with one attached hydrogen (secondary N) is 1. The SMILES string of the molecule is CC(C)CC1(CNCc2cccc(Br)n2)CCCC1. The molecule has 0 saturated heterocycles. The van der Waals surface area contributed by atoms with E-state index in [-0.39, 0.29) is 0 Å². The zero-order chi connectivity index (χ0) is 13.7. The van der Waals surface area contributed by atoms with E-state index in [1.165, 1.54) is 32.1 Å². The first-order valence-corrected chi connectivity index (χ1v) is 8.21. The van der Waals surface area contributed by atoms with Gasteiger partial charge in [-0.1, -0.05) is 32.8 Å². The molecule has 1 aliphatic rings. The molecule has 1 aromatic rings. The predicted octanol–water partition coefficient (Wildman–Crippen LogP) is 4.54. The molecule has 0 amide bonds. The number of rotatable bonds is 6. The van der Waals surface area contributed by atoms with Crippen LogP contribution in [0.2, 0.25) is 0 Å². The standard InChI is InChI=1S/C16H25BrN2/c1-13(2)10-16(8-3-4-9-16)12-18-11-14-6-5-7-15(17)19-14/h5-7,13,18H,3-4,8-12H2,1-2H3. The van der Waals surface area contributed by atoms with Gasteiger partial charge >= 0.3 is 0 Å². The van der Waals surface area contributed by atoms with Gasteiger partial charge in [-0.15, -0.1) is 0 Å². The molecule has 0 spiro atoms. The summed E-state index contributed by atoms with van der Waals surface area (Å²) in [4.78, 5) is 4.48. The van der Waals surface area contributed by atoms with Gasteiger partial charge in [-0.05, 0) is 58.7 Å². The summed E-state index contributed by atoms with van der Waals surface area (Å²) in [6, 6.07) is 6.11. The first-order valence-electron chi connectivity index (χ1n) is 7.42. The van der Waals surface area contributed by atoms with Crippen molar-refractivity contribution < 1.29 is 0 Å². The summed E-state index contributed by atoms with van der Waals surface area (Å²) >= 11 is 3.42. The van der Waals surface area contributed by atoms with Gasteiger partial charge in [0.1, 0.15) is 4.60 Å². The fourth-order valence-electron chi connectivity index (χ4n) is 3.45. The topological polar surface area (TPSA) is 24.9 Å². The first kappa shape index (κ1) is 15.0. The number of pyridine rings is 1. The minimum atomic E-state index is 0.542. The smallest absolute Gasteiger partial charge is 0.106 e. The molecule has 1 heterocycles. The number of nitrogens with zero attached hydrogens (tertiary/aromatic N) is 1. The van der Waals surface area contributed by atoms with Crippen molar-refractivity contribution in [2.75, 3.05) is 6.54 Å². The lowest BCUT2D eigenvalue weighted by Gasteiger charge is -2.31. The van der Waals surface area contributed by atoms with E-state index in [2.05, 4.69) is 46.1 Å². The highest BCUT2D eigenvalue weighted by Gasteiger charge is 2.33. The van der Waals surface area contributed by atoms with E-state index in [9.17, 15) is 0 Å². The second kappa shape index (κ2) is 6.85. The van der Waals surface area contributed by atoms with Crippen molar-refractivity contribution >= 4 is 15.9 Å². The molecule has 106 valence electrons. The van der Waals surface area contributed by atoms with E-state index in [4.69, 9.17) is 0 Å². The quantitative estimate of drug-likeness (QED) is 0.777. The maximum absolute atomic E-state index is 4.48. The van der Waals surface area contributed by atoms with Gasteiger partial charge in [0.2, 0.25) is 0 Å². The molecule has 1 aliphatic carbocycles. The molecule has 1 N–H and O–H groups in total. The Morgan fingerprint density at radius 2 is 2.05 bits per heavy atom. The van der Waals surface area contributed by atoms with Crippen LogP contribution in [0, 0.1) is 11.3 Å². The molecule has 0 aliphatic heterocycles. The Morgan fingerprint density at radius 1 is 1.32 bits per heavy atom. The van der Waals surface area contributed by atoms with Gasteiger partial charge in [-0.2, -0.15) is 0 Å². The van der Waals surface area contributed by atoms with Crippen LogP contribution in [0.5, 0.6) is 0 Å². The van der Waals surface area contributed by atoms with Gasteiger partial charge in [-0.25, -0.2) is 4.98 Å². The molecule has 1 saturated carbocycles. The summed E-state index contributed by atoms with van der Waals surface area (Å²) in [6.07, 6.45) is 6.95. The van der Waals surface area contributed by atoms with Crippen LogP contribution in [0.25, 0.3) is 0 Å². The molecule has 0 aromatic carbocycles. The van der Waals surface area contributed by atoms with E-state index in [0.29, 0.717) is 5.41 Å². The molecule has 0 bridgehead atoms. The lowest BCUT2D eigenvalue weighted by molar-refractivity contribution is 0.223. The minimum absolute atomic E-state index is 0.542. The van der Waals surface area contributed by atoms with Crippen LogP contribution in [0.1, 0.15) is 51.6 Å². The molecule has 0 atom stereocenters. The van der Waals surface area contributed by atoms with Crippen LogP contribution >= 0.6 is 15.9 Å². The fourth-order valence-corrected chi connectivity index (χ4v) is 3.83. The lowest BCUT2D eigenvalue weighted by Crippen LogP contribution is -2.33. The molecule has 2 rings (SSSR count). The normalized spacial score (nSPS) is 18.1. The van der Waals surface area contributed by atoms with E-state index >= 15 is 0 Å². The fraction of sp³-hybridized carbons (Fsp3) is 0.688. The Morgan fingerprint density at radius 3 is 2.68 bits per heavy atom. The molecular weight excluding hydrogens is 300 g/mol. The predicted molar refractivity (Wildman–Crippen MR) is 84.0 cm³/mol. The van der Waals surface area contributed by atoms with Crippen molar-refractivity contribution in [1.82, 2.24) is 10.3 Å². The zero-order valence-electron chi connectivity index (χ0n) is 12.1. The van der Waals surface area contributed by atoms with Crippen LogP contribution in [0.4, 0.5) is 0 Å². The third kappa shape index (κ3) is 4.57. The van der Waals surface area contributed by atoms with Gasteiger partial charge < -0.3 is 5.32 Å². The largest absolute Gasteiger partial charge is 0.311 e. The van der Waals surface area contributed by atoms with E-state index < -0.39 is 0 Å². The molecule has 0 unspecified atom stereocenters. The number of hydrogen-bond acceptors (Lipinski definition) is 2. The number of hydrogen-bond donors (Lipinski definition) is 1. The molecule has 3 heteroatoms. The van der Waals surface area contributed by atoms with Gasteiger partial charge in [-0.3, -0.25) is 0 Å². The van der Waals surface area contributed by atoms with Crippen molar-refractivity contribution in [3.05, 3.63) is 28.5 Å². The Bertz CT molecular complexity index is 397. The van der Waals surface area contributed by atoms with Gasteiger partial charge in [0, 0.05) is 13.1 Å². The van der Waals surface area contributed by atoms with Crippen LogP contribution < -0.4 is 5.32 Å². The average molecular weight is 325 g/mol. The monoisotopic (exact) mass is 324 g/mol. The molecular formula is C16H25BrN2. The molecule has 1 fully saturated rings. The van der Waals surface area contributed by atoms with Crippen molar-refractivity contribution in [3.8, 4) is 0 Å². The van der Waals surface area contributed by atoms with Crippen molar-refractivity contribution in [1.29, 1.82) is 0 Å². The van der Waals surface area contributed by atoms with E-state index in [1.54, 1.807) is 0 Å². The van der Waals surface area contributed by atoms with Crippen LogP contribution in [0.15, 0.2) is 22.8 Å². The number of aromatic nitrogens is 1. The summed E-state index contributed by atoms with van der Waals surface area (Å²) < 4.78 is 0.921. The minimum Gasteiger partial charge on any atom is -0.311 e. The van der Waals surface area contributed by atoms with Crippen molar-refractivity contribution in [2.45, 2.75) is 52.5 Å². The maximum atomic E-state index is 4.48. The Hall–Kier alpha value is -0.410. The summed E-state index contributed by atoms with van der Waals surface area (Å²) in [5.41, 5.74) is 1.66. The van der Waals surface area contributed by atoms with Crippen molar-refractivity contribution in [3.63, 3.8) is 0 Å². The molecule has 19 heavy (non-hydrogen) atoms. The highest BCUT2D eigenvalue weighted by molar-refractivity contribution is 9.10. The summed E-state index contributed by atoms with van der Waals surface area (Å²) in [7, 11) is 0. The van der Waals surface area contributed by atoms with Gasteiger partial charge in [0.25, 0.3) is 0 Å². The van der Waals surface area contributed by atoms with Crippen molar-refractivity contribution in [2.24, 2.45) is 11.3 Å².